The minimum Gasteiger partial charge on any atom is -0.337 e. The third-order valence-corrected chi connectivity index (χ3v) is 5.31. The van der Waals surface area contributed by atoms with Gasteiger partial charge in [0.2, 0.25) is 0 Å². The highest BCUT2D eigenvalue weighted by Crippen LogP contribution is 2.49. The van der Waals surface area contributed by atoms with E-state index in [1.165, 1.54) is 22.5 Å². The lowest BCUT2D eigenvalue weighted by atomic mass is 9.81. The molecule has 5 rings (SSSR count). The van der Waals surface area contributed by atoms with Crippen LogP contribution in [0.2, 0.25) is 0 Å². The van der Waals surface area contributed by atoms with Gasteiger partial charge in [0.1, 0.15) is 0 Å². The van der Waals surface area contributed by atoms with Crippen LogP contribution in [0.5, 0.6) is 0 Å². The number of allylic oxidation sites excluding steroid dienone is 3. The number of anilines is 1. The van der Waals surface area contributed by atoms with E-state index in [1.807, 2.05) is 0 Å². The van der Waals surface area contributed by atoms with Crippen LogP contribution in [-0.4, -0.2) is 6.04 Å². The summed E-state index contributed by atoms with van der Waals surface area (Å²) in [4.78, 5) is 2.57. The molecule has 1 heterocycles. The molecule has 0 N–H and O–H groups in total. The zero-order valence-corrected chi connectivity index (χ0v) is 13.0. The summed E-state index contributed by atoms with van der Waals surface area (Å²) in [7, 11) is 0. The van der Waals surface area contributed by atoms with Gasteiger partial charge in [-0.1, -0.05) is 66.8 Å². The summed E-state index contributed by atoms with van der Waals surface area (Å²) in [6, 6.07) is 20.2. The topological polar surface area (TPSA) is 3.24 Å². The second kappa shape index (κ2) is 4.99. The molecule has 0 fully saturated rings. The molecule has 2 atom stereocenters. The zero-order chi connectivity index (χ0) is 15.2. The van der Waals surface area contributed by atoms with Gasteiger partial charge in [0, 0.05) is 17.3 Å². The molecule has 0 saturated carbocycles. The molecule has 3 aliphatic rings. The number of hydrogen-bond acceptors (Lipinski definition) is 1. The van der Waals surface area contributed by atoms with Crippen molar-refractivity contribution in [1.29, 1.82) is 0 Å². The molecular formula is C22H19N. The van der Waals surface area contributed by atoms with Crippen LogP contribution in [-0.2, 0) is 6.42 Å². The Bertz CT molecular complexity index is 841. The highest BCUT2D eigenvalue weighted by atomic mass is 15.2. The third-order valence-electron chi connectivity index (χ3n) is 5.31. The monoisotopic (exact) mass is 297 g/mol. The Kier molecular flexibility index (Phi) is 2.81. The smallest absolute Gasteiger partial charge is 0.0626 e. The summed E-state index contributed by atoms with van der Waals surface area (Å²) >= 11 is 0. The van der Waals surface area contributed by atoms with Crippen molar-refractivity contribution in [2.45, 2.75) is 18.9 Å². The molecule has 112 valence electrons. The van der Waals surface area contributed by atoms with Gasteiger partial charge in [-0.05, 0) is 41.7 Å². The fraction of sp³-hybridized carbons (Fsp3) is 0.182. The zero-order valence-electron chi connectivity index (χ0n) is 13.0. The Balaban J connectivity index is 1.73. The second-order valence-corrected chi connectivity index (χ2v) is 6.51. The van der Waals surface area contributed by atoms with Gasteiger partial charge in [-0.15, -0.1) is 0 Å². The fourth-order valence-electron chi connectivity index (χ4n) is 4.37. The first-order valence-electron chi connectivity index (χ1n) is 8.44. The molecule has 0 bridgehead atoms. The van der Waals surface area contributed by atoms with Gasteiger partial charge >= 0.3 is 0 Å². The molecule has 2 aromatic carbocycles. The minimum atomic E-state index is 0.415. The van der Waals surface area contributed by atoms with E-state index < -0.39 is 0 Å². The Labute approximate surface area is 137 Å². The van der Waals surface area contributed by atoms with Crippen molar-refractivity contribution in [2.75, 3.05) is 4.90 Å². The Morgan fingerprint density at radius 2 is 1.57 bits per heavy atom. The van der Waals surface area contributed by atoms with E-state index in [4.69, 9.17) is 0 Å². The van der Waals surface area contributed by atoms with E-state index in [2.05, 4.69) is 83.8 Å². The van der Waals surface area contributed by atoms with Crippen LogP contribution in [0.25, 0.3) is 5.57 Å². The van der Waals surface area contributed by atoms with E-state index in [1.54, 1.807) is 5.57 Å². The highest BCUT2D eigenvalue weighted by Gasteiger charge is 2.41. The fourth-order valence-corrected chi connectivity index (χ4v) is 4.37. The molecule has 1 nitrogen and oxygen atoms in total. The molecule has 23 heavy (non-hydrogen) atoms. The first kappa shape index (κ1) is 13.0. The van der Waals surface area contributed by atoms with Crippen molar-refractivity contribution in [3.8, 4) is 0 Å². The summed E-state index contributed by atoms with van der Waals surface area (Å²) in [6.07, 6.45) is 11.4. The molecule has 0 saturated heterocycles. The summed E-state index contributed by atoms with van der Waals surface area (Å²) in [5.74, 6) is 0.469. The van der Waals surface area contributed by atoms with E-state index >= 15 is 0 Å². The molecule has 2 aliphatic carbocycles. The molecular weight excluding hydrogens is 278 g/mol. The molecule has 1 heteroatoms. The minimum absolute atomic E-state index is 0.415. The maximum absolute atomic E-state index is 2.57. The summed E-state index contributed by atoms with van der Waals surface area (Å²) < 4.78 is 0. The first-order valence-corrected chi connectivity index (χ1v) is 8.44. The van der Waals surface area contributed by atoms with Crippen LogP contribution < -0.4 is 4.90 Å². The SMILES string of the molecule is C1=CC2C3=C(CCc4ccccc43)N(c3ccccc3)C2C=C1. The molecule has 0 spiro atoms. The van der Waals surface area contributed by atoms with Gasteiger partial charge in [0.25, 0.3) is 0 Å². The molecule has 0 radical (unpaired) electrons. The van der Waals surface area contributed by atoms with Crippen molar-refractivity contribution >= 4 is 11.3 Å². The predicted molar refractivity (Wildman–Crippen MR) is 96.2 cm³/mol. The maximum Gasteiger partial charge on any atom is 0.0626 e. The normalized spacial score (nSPS) is 24.4. The summed E-state index contributed by atoms with van der Waals surface area (Å²) in [5, 5.41) is 0. The predicted octanol–water partition coefficient (Wildman–Crippen LogP) is 4.97. The maximum atomic E-state index is 2.57. The third kappa shape index (κ3) is 1.86. The van der Waals surface area contributed by atoms with Gasteiger partial charge < -0.3 is 4.90 Å². The Hall–Kier alpha value is -2.54. The lowest BCUT2D eigenvalue weighted by molar-refractivity contribution is 0.699. The van der Waals surface area contributed by atoms with Gasteiger partial charge in [0.15, 0.2) is 0 Å². The first-order chi connectivity index (χ1) is 11.4. The van der Waals surface area contributed by atoms with Crippen LogP contribution in [0, 0.1) is 5.92 Å². The average molecular weight is 297 g/mol. The Morgan fingerprint density at radius 1 is 0.783 bits per heavy atom. The van der Waals surface area contributed by atoms with Gasteiger partial charge in [-0.3, -0.25) is 0 Å². The van der Waals surface area contributed by atoms with Crippen LogP contribution in [0.4, 0.5) is 5.69 Å². The van der Waals surface area contributed by atoms with Gasteiger partial charge in [0.05, 0.1) is 6.04 Å². The number of para-hydroxylation sites is 1. The van der Waals surface area contributed by atoms with E-state index in [9.17, 15) is 0 Å². The summed E-state index contributed by atoms with van der Waals surface area (Å²) in [6.45, 7) is 0. The van der Waals surface area contributed by atoms with Crippen molar-refractivity contribution in [1.82, 2.24) is 0 Å². The largest absolute Gasteiger partial charge is 0.337 e. The van der Waals surface area contributed by atoms with E-state index in [-0.39, 0.29) is 0 Å². The standard InChI is InChI=1S/C22H19N/c1-2-9-17(10-3-1)23-20-13-7-6-12-19(20)22-18-11-5-4-8-16(18)14-15-21(22)23/h1-13,19-20H,14-15H2. The van der Waals surface area contributed by atoms with Gasteiger partial charge in [-0.25, -0.2) is 0 Å². The number of fused-ring (bicyclic) bond motifs is 4. The molecule has 0 aromatic heterocycles. The lowest BCUT2D eigenvalue weighted by Crippen LogP contribution is -2.32. The van der Waals surface area contributed by atoms with Gasteiger partial charge in [-0.2, -0.15) is 0 Å². The second-order valence-electron chi connectivity index (χ2n) is 6.51. The van der Waals surface area contributed by atoms with Crippen LogP contribution >= 0.6 is 0 Å². The molecule has 0 amide bonds. The molecule has 2 aromatic rings. The van der Waals surface area contributed by atoms with Crippen LogP contribution in [0.1, 0.15) is 17.5 Å². The molecule has 1 aliphatic heterocycles. The van der Waals surface area contributed by atoms with Crippen LogP contribution in [0.15, 0.2) is 84.6 Å². The van der Waals surface area contributed by atoms with Crippen molar-refractivity contribution < 1.29 is 0 Å². The lowest BCUT2D eigenvalue weighted by Gasteiger charge is -2.31. The number of nitrogens with zero attached hydrogens (tertiary/aromatic N) is 1. The average Bonchev–Trinajstić information content (AvgIpc) is 2.97. The highest BCUT2D eigenvalue weighted by molar-refractivity contribution is 5.84. The Morgan fingerprint density at radius 3 is 2.48 bits per heavy atom. The number of hydrogen-bond donors (Lipinski definition) is 0. The quantitative estimate of drug-likeness (QED) is 0.718. The van der Waals surface area contributed by atoms with Crippen molar-refractivity contribution in [3.05, 3.63) is 95.7 Å². The van der Waals surface area contributed by atoms with Crippen molar-refractivity contribution in [3.63, 3.8) is 0 Å². The number of rotatable bonds is 1. The van der Waals surface area contributed by atoms with Crippen LogP contribution in [0.3, 0.4) is 0 Å². The van der Waals surface area contributed by atoms with Crippen molar-refractivity contribution in [2.24, 2.45) is 5.92 Å². The number of aryl methyl sites for hydroxylation is 1. The van der Waals surface area contributed by atoms with E-state index in [0.29, 0.717) is 12.0 Å². The summed E-state index contributed by atoms with van der Waals surface area (Å²) in [5.41, 5.74) is 7.33. The molecule has 2 unspecified atom stereocenters. The number of benzene rings is 2. The van der Waals surface area contributed by atoms with E-state index in [0.717, 1.165) is 12.8 Å².